The van der Waals surface area contributed by atoms with Crippen molar-refractivity contribution in [2.75, 3.05) is 19.7 Å². The Bertz CT molecular complexity index is 535. The number of likely N-dealkylation sites (N-methyl/N-ethyl adjacent to an activating group) is 1. The van der Waals surface area contributed by atoms with Gasteiger partial charge in [0.15, 0.2) is 0 Å². The number of hydrogen-bond donors (Lipinski definition) is 1. The van der Waals surface area contributed by atoms with Gasteiger partial charge in [-0.2, -0.15) is 5.10 Å². The fourth-order valence-electron chi connectivity index (χ4n) is 2.05. The van der Waals surface area contributed by atoms with E-state index in [-0.39, 0.29) is 12.5 Å². The van der Waals surface area contributed by atoms with Crippen LogP contribution in [0.1, 0.15) is 12.5 Å². The topological polar surface area (TPSA) is 58.4 Å². The summed E-state index contributed by atoms with van der Waals surface area (Å²) in [7, 11) is 0. The lowest BCUT2D eigenvalue weighted by Gasteiger charge is -2.19. The zero-order valence-electron chi connectivity index (χ0n) is 11.6. The predicted molar refractivity (Wildman–Crippen MR) is 76.6 cm³/mol. The second-order valence-corrected chi connectivity index (χ2v) is 4.49. The van der Waals surface area contributed by atoms with Crippen molar-refractivity contribution in [3.8, 4) is 5.69 Å². The summed E-state index contributed by atoms with van der Waals surface area (Å²) >= 11 is 0. The molecule has 1 heterocycles. The zero-order chi connectivity index (χ0) is 14.4. The molecule has 1 N–H and O–H groups in total. The van der Waals surface area contributed by atoms with Crippen molar-refractivity contribution in [3.05, 3.63) is 48.3 Å². The molecule has 1 amide bonds. The van der Waals surface area contributed by atoms with E-state index in [0.717, 1.165) is 11.3 Å². The van der Waals surface area contributed by atoms with Crippen LogP contribution in [-0.2, 0) is 11.2 Å². The number of carbonyl (C=O) groups excluding carboxylic acids is 1. The van der Waals surface area contributed by atoms with E-state index >= 15 is 0 Å². The van der Waals surface area contributed by atoms with Crippen molar-refractivity contribution in [3.63, 3.8) is 0 Å². The standard InChI is InChI=1S/C15H19N3O2/c1-2-17(10-11-19)15(20)12-13-4-6-14(7-5-13)18-9-3-8-16-18/h3-9,19H,2,10-12H2,1H3. The Labute approximate surface area is 118 Å². The Morgan fingerprint density at radius 3 is 2.65 bits per heavy atom. The van der Waals surface area contributed by atoms with Crippen LogP contribution >= 0.6 is 0 Å². The number of aromatic nitrogens is 2. The summed E-state index contributed by atoms with van der Waals surface area (Å²) in [5, 5.41) is 13.1. The zero-order valence-corrected chi connectivity index (χ0v) is 11.6. The summed E-state index contributed by atoms with van der Waals surface area (Å²) in [4.78, 5) is 13.7. The monoisotopic (exact) mass is 273 g/mol. The third-order valence-corrected chi connectivity index (χ3v) is 3.16. The van der Waals surface area contributed by atoms with E-state index in [1.807, 2.05) is 43.5 Å². The molecule has 2 rings (SSSR count). The Hall–Kier alpha value is -2.14. The molecule has 2 aromatic rings. The minimum atomic E-state index is -0.00217. The Morgan fingerprint density at radius 2 is 2.10 bits per heavy atom. The molecular weight excluding hydrogens is 254 g/mol. The first kappa shape index (κ1) is 14.3. The fraction of sp³-hybridized carbons (Fsp3) is 0.333. The molecule has 0 bridgehead atoms. The summed E-state index contributed by atoms with van der Waals surface area (Å²) < 4.78 is 1.77. The highest BCUT2D eigenvalue weighted by molar-refractivity contribution is 5.78. The summed E-state index contributed by atoms with van der Waals surface area (Å²) in [6, 6.07) is 9.62. The van der Waals surface area contributed by atoms with Crippen molar-refractivity contribution in [1.82, 2.24) is 14.7 Å². The van der Waals surface area contributed by atoms with Gasteiger partial charge in [0, 0.05) is 25.5 Å². The van der Waals surface area contributed by atoms with Gasteiger partial charge in [0.05, 0.1) is 18.7 Å². The highest BCUT2D eigenvalue weighted by atomic mass is 16.3. The largest absolute Gasteiger partial charge is 0.395 e. The van der Waals surface area contributed by atoms with Crippen molar-refractivity contribution < 1.29 is 9.90 Å². The van der Waals surface area contributed by atoms with Gasteiger partial charge < -0.3 is 10.0 Å². The Balaban J connectivity index is 2.02. The SMILES string of the molecule is CCN(CCO)C(=O)Cc1ccc(-n2cccn2)cc1. The van der Waals surface area contributed by atoms with Gasteiger partial charge in [0.25, 0.3) is 0 Å². The molecule has 0 spiro atoms. The predicted octanol–water partition coefficient (Wildman–Crippen LogP) is 1.26. The van der Waals surface area contributed by atoms with Crippen LogP contribution < -0.4 is 0 Å². The number of aliphatic hydroxyl groups excluding tert-OH is 1. The third kappa shape index (κ3) is 3.45. The van der Waals surface area contributed by atoms with E-state index in [1.165, 1.54) is 0 Å². The van der Waals surface area contributed by atoms with Gasteiger partial charge >= 0.3 is 0 Å². The number of benzene rings is 1. The molecule has 20 heavy (non-hydrogen) atoms. The second-order valence-electron chi connectivity index (χ2n) is 4.49. The summed E-state index contributed by atoms with van der Waals surface area (Å²) in [6.45, 7) is 2.91. The summed E-state index contributed by atoms with van der Waals surface area (Å²) in [5.41, 5.74) is 1.93. The average Bonchev–Trinajstić information content (AvgIpc) is 2.99. The van der Waals surface area contributed by atoms with Crippen LogP contribution in [0.2, 0.25) is 0 Å². The van der Waals surface area contributed by atoms with Crippen LogP contribution in [0.3, 0.4) is 0 Å². The summed E-state index contributed by atoms with van der Waals surface area (Å²) in [6.07, 6.45) is 3.96. The molecule has 0 aliphatic heterocycles. The highest BCUT2D eigenvalue weighted by Gasteiger charge is 2.11. The number of carbonyl (C=O) groups is 1. The number of amides is 1. The lowest BCUT2D eigenvalue weighted by molar-refractivity contribution is -0.130. The number of hydrogen-bond acceptors (Lipinski definition) is 3. The molecule has 0 unspecified atom stereocenters. The molecule has 0 saturated heterocycles. The van der Waals surface area contributed by atoms with E-state index in [1.54, 1.807) is 15.8 Å². The first-order valence-corrected chi connectivity index (χ1v) is 6.72. The Kier molecular flexibility index (Phi) is 4.90. The van der Waals surface area contributed by atoms with Crippen LogP contribution in [0.25, 0.3) is 5.69 Å². The lowest BCUT2D eigenvalue weighted by Crippen LogP contribution is -2.34. The minimum absolute atomic E-state index is 0.00217. The minimum Gasteiger partial charge on any atom is -0.395 e. The molecule has 0 aliphatic carbocycles. The van der Waals surface area contributed by atoms with Crippen LogP contribution in [0.4, 0.5) is 0 Å². The number of nitrogens with zero attached hydrogens (tertiary/aromatic N) is 3. The smallest absolute Gasteiger partial charge is 0.227 e. The van der Waals surface area contributed by atoms with Gasteiger partial charge in [0.2, 0.25) is 5.91 Å². The van der Waals surface area contributed by atoms with E-state index in [0.29, 0.717) is 19.5 Å². The Morgan fingerprint density at radius 1 is 1.35 bits per heavy atom. The molecule has 0 saturated carbocycles. The second kappa shape index (κ2) is 6.86. The maximum atomic E-state index is 12.0. The van der Waals surface area contributed by atoms with E-state index in [9.17, 15) is 4.79 Å². The van der Waals surface area contributed by atoms with Gasteiger partial charge in [-0.15, -0.1) is 0 Å². The van der Waals surface area contributed by atoms with Crippen molar-refractivity contribution in [2.45, 2.75) is 13.3 Å². The third-order valence-electron chi connectivity index (χ3n) is 3.16. The molecule has 1 aromatic carbocycles. The van der Waals surface area contributed by atoms with Gasteiger partial charge in [-0.05, 0) is 30.7 Å². The first-order valence-electron chi connectivity index (χ1n) is 6.72. The normalized spacial score (nSPS) is 10.5. The number of aliphatic hydroxyl groups is 1. The summed E-state index contributed by atoms with van der Waals surface area (Å²) in [5.74, 6) is 0.0355. The number of rotatable bonds is 6. The van der Waals surface area contributed by atoms with E-state index in [2.05, 4.69) is 5.10 Å². The van der Waals surface area contributed by atoms with Crippen molar-refractivity contribution in [1.29, 1.82) is 0 Å². The molecule has 106 valence electrons. The molecular formula is C15H19N3O2. The molecule has 5 nitrogen and oxygen atoms in total. The molecule has 0 radical (unpaired) electrons. The molecule has 1 aromatic heterocycles. The maximum absolute atomic E-state index is 12.0. The van der Waals surface area contributed by atoms with Gasteiger partial charge in [0.1, 0.15) is 0 Å². The van der Waals surface area contributed by atoms with Crippen LogP contribution in [0.5, 0.6) is 0 Å². The van der Waals surface area contributed by atoms with Gasteiger partial charge in [-0.25, -0.2) is 4.68 Å². The molecule has 0 atom stereocenters. The van der Waals surface area contributed by atoms with Gasteiger partial charge in [-0.1, -0.05) is 12.1 Å². The molecule has 0 fully saturated rings. The lowest BCUT2D eigenvalue weighted by atomic mass is 10.1. The van der Waals surface area contributed by atoms with E-state index in [4.69, 9.17) is 5.11 Å². The average molecular weight is 273 g/mol. The first-order chi connectivity index (χ1) is 9.74. The van der Waals surface area contributed by atoms with Crippen LogP contribution in [0, 0.1) is 0 Å². The van der Waals surface area contributed by atoms with E-state index < -0.39 is 0 Å². The maximum Gasteiger partial charge on any atom is 0.227 e. The van der Waals surface area contributed by atoms with Gasteiger partial charge in [-0.3, -0.25) is 4.79 Å². The molecule has 0 aliphatic rings. The van der Waals surface area contributed by atoms with Crippen molar-refractivity contribution in [2.24, 2.45) is 0 Å². The highest BCUT2D eigenvalue weighted by Crippen LogP contribution is 2.10. The van der Waals surface area contributed by atoms with Crippen LogP contribution in [-0.4, -0.2) is 45.4 Å². The quantitative estimate of drug-likeness (QED) is 0.862. The fourth-order valence-corrected chi connectivity index (χ4v) is 2.05. The molecule has 5 heteroatoms. The van der Waals surface area contributed by atoms with Crippen molar-refractivity contribution >= 4 is 5.91 Å². The van der Waals surface area contributed by atoms with Crippen LogP contribution in [0.15, 0.2) is 42.7 Å².